The SMILES string of the molecule is CN1CCC(Nc2cc(Br)ccc2N)CC1. The van der Waals surface area contributed by atoms with Crippen LogP contribution in [0.4, 0.5) is 11.4 Å². The van der Waals surface area contributed by atoms with Crippen molar-refractivity contribution in [2.24, 2.45) is 0 Å². The first-order chi connectivity index (χ1) is 7.65. The summed E-state index contributed by atoms with van der Waals surface area (Å²) in [6.45, 7) is 2.32. The number of nitrogens with one attached hydrogen (secondary N) is 1. The quantitative estimate of drug-likeness (QED) is 0.820. The Hall–Kier alpha value is -0.740. The van der Waals surface area contributed by atoms with Gasteiger partial charge in [0.15, 0.2) is 0 Å². The van der Waals surface area contributed by atoms with Crippen molar-refractivity contribution in [3.8, 4) is 0 Å². The number of rotatable bonds is 2. The van der Waals surface area contributed by atoms with E-state index >= 15 is 0 Å². The number of nitrogens with two attached hydrogens (primary N) is 1. The van der Waals surface area contributed by atoms with Crippen molar-refractivity contribution >= 4 is 27.3 Å². The minimum atomic E-state index is 0.549. The first-order valence-electron chi connectivity index (χ1n) is 5.65. The zero-order valence-corrected chi connectivity index (χ0v) is 11.1. The summed E-state index contributed by atoms with van der Waals surface area (Å²) in [5.74, 6) is 0. The van der Waals surface area contributed by atoms with Gasteiger partial charge in [-0.25, -0.2) is 0 Å². The summed E-state index contributed by atoms with van der Waals surface area (Å²) in [5.41, 5.74) is 7.81. The maximum absolute atomic E-state index is 5.94. The molecular weight excluding hydrogens is 266 g/mol. The highest BCUT2D eigenvalue weighted by molar-refractivity contribution is 9.10. The van der Waals surface area contributed by atoms with Gasteiger partial charge in [-0.1, -0.05) is 15.9 Å². The number of hydrogen-bond donors (Lipinski definition) is 2. The van der Waals surface area contributed by atoms with Crippen molar-refractivity contribution in [1.82, 2.24) is 4.90 Å². The van der Waals surface area contributed by atoms with Gasteiger partial charge in [0, 0.05) is 10.5 Å². The fourth-order valence-electron chi connectivity index (χ4n) is 2.03. The van der Waals surface area contributed by atoms with Crippen LogP contribution in [0, 0.1) is 0 Å². The van der Waals surface area contributed by atoms with Crippen LogP contribution in [0.1, 0.15) is 12.8 Å². The van der Waals surface area contributed by atoms with Crippen LogP contribution in [0.25, 0.3) is 0 Å². The predicted octanol–water partition coefficient (Wildman–Crippen LogP) is 2.54. The molecular formula is C12H18BrN3. The van der Waals surface area contributed by atoms with Gasteiger partial charge < -0.3 is 16.0 Å². The van der Waals surface area contributed by atoms with Gasteiger partial charge in [-0.2, -0.15) is 0 Å². The van der Waals surface area contributed by atoms with Crippen molar-refractivity contribution in [3.63, 3.8) is 0 Å². The molecule has 1 saturated heterocycles. The maximum Gasteiger partial charge on any atom is 0.0587 e. The van der Waals surface area contributed by atoms with E-state index in [9.17, 15) is 0 Å². The molecule has 0 atom stereocenters. The van der Waals surface area contributed by atoms with E-state index in [1.807, 2.05) is 18.2 Å². The monoisotopic (exact) mass is 283 g/mol. The van der Waals surface area contributed by atoms with Crippen molar-refractivity contribution in [3.05, 3.63) is 22.7 Å². The Kier molecular flexibility index (Phi) is 3.71. The van der Waals surface area contributed by atoms with E-state index in [4.69, 9.17) is 5.73 Å². The number of halogens is 1. The van der Waals surface area contributed by atoms with E-state index < -0.39 is 0 Å². The largest absolute Gasteiger partial charge is 0.397 e. The molecule has 1 aliphatic heterocycles. The number of hydrogen-bond acceptors (Lipinski definition) is 3. The molecule has 0 amide bonds. The number of anilines is 2. The van der Waals surface area contributed by atoms with Crippen molar-refractivity contribution in [2.75, 3.05) is 31.2 Å². The van der Waals surface area contributed by atoms with E-state index in [-0.39, 0.29) is 0 Å². The molecule has 2 rings (SSSR count). The lowest BCUT2D eigenvalue weighted by Crippen LogP contribution is -2.36. The van der Waals surface area contributed by atoms with E-state index in [2.05, 4.69) is 33.2 Å². The minimum absolute atomic E-state index is 0.549. The first kappa shape index (κ1) is 11.7. The van der Waals surface area contributed by atoms with E-state index in [1.165, 1.54) is 12.8 Å². The molecule has 0 aliphatic carbocycles. The first-order valence-corrected chi connectivity index (χ1v) is 6.44. The highest BCUT2D eigenvalue weighted by atomic mass is 79.9. The van der Waals surface area contributed by atoms with Crippen molar-refractivity contribution in [1.29, 1.82) is 0 Å². The summed E-state index contributed by atoms with van der Waals surface area (Å²) in [7, 11) is 2.17. The number of nitrogen functional groups attached to an aromatic ring is 1. The Morgan fingerprint density at radius 3 is 2.75 bits per heavy atom. The van der Waals surface area contributed by atoms with Gasteiger partial charge in [0.05, 0.1) is 11.4 Å². The van der Waals surface area contributed by atoms with Gasteiger partial charge in [0.25, 0.3) is 0 Å². The van der Waals surface area contributed by atoms with E-state index in [1.54, 1.807) is 0 Å². The van der Waals surface area contributed by atoms with Crippen LogP contribution >= 0.6 is 15.9 Å². The number of piperidine rings is 1. The molecule has 1 aliphatic rings. The molecule has 4 heteroatoms. The molecule has 0 radical (unpaired) electrons. The third-order valence-corrected chi connectivity index (χ3v) is 3.59. The molecule has 88 valence electrons. The number of nitrogens with zero attached hydrogens (tertiary/aromatic N) is 1. The number of likely N-dealkylation sites (tertiary alicyclic amines) is 1. The zero-order valence-electron chi connectivity index (χ0n) is 9.54. The fraction of sp³-hybridized carbons (Fsp3) is 0.500. The molecule has 3 nitrogen and oxygen atoms in total. The van der Waals surface area contributed by atoms with Crippen LogP contribution in [0.2, 0.25) is 0 Å². The molecule has 1 aromatic carbocycles. The third kappa shape index (κ3) is 2.89. The van der Waals surface area contributed by atoms with Crippen LogP contribution in [0.3, 0.4) is 0 Å². The maximum atomic E-state index is 5.94. The van der Waals surface area contributed by atoms with Gasteiger partial charge >= 0.3 is 0 Å². The summed E-state index contributed by atoms with van der Waals surface area (Å²) in [6, 6.07) is 6.50. The zero-order chi connectivity index (χ0) is 11.5. The van der Waals surface area contributed by atoms with Gasteiger partial charge in [-0.15, -0.1) is 0 Å². The average Bonchev–Trinajstić information content (AvgIpc) is 2.27. The van der Waals surface area contributed by atoms with Crippen molar-refractivity contribution < 1.29 is 0 Å². The Bertz CT molecular complexity index is 359. The molecule has 1 aromatic rings. The van der Waals surface area contributed by atoms with Crippen LogP contribution in [0.15, 0.2) is 22.7 Å². The summed E-state index contributed by atoms with van der Waals surface area (Å²) in [4.78, 5) is 2.36. The van der Waals surface area contributed by atoms with Crippen molar-refractivity contribution in [2.45, 2.75) is 18.9 Å². The van der Waals surface area contributed by atoms with Crippen LogP contribution < -0.4 is 11.1 Å². The minimum Gasteiger partial charge on any atom is -0.397 e. The Morgan fingerprint density at radius 1 is 1.38 bits per heavy atom. The lowest BCUT2D eigenvalue weighted by molar-refractivity contribution is 0.264. The second-order valence-electron chi connectivity index (χ2n) is 4.45. The van der Waals surface area contributed by atoms with Gasteiger partial charge in [0.2, 0.25) is 0 Å². The highest BCUT2D eigenvalue weighted by Gasteiger charge is 2.16. The molecule has 16 heavy (non-hydrogen) atoms. The summed E-state index contributed by atoms with van der Waals surface area (Å²) >= 11 is 3.47. The molecule has 3 N–H and O–H groups in total. The topological polar surface area (TPSA) is 41.3 Å². The lowest BCUT2D eigenvalue weighted by Gasteiger charge is -2.30. The van der Waals surface area contributed by atoms with Gasteiger partial charge in [-0.05, 0) is 51.2 Å². The van der Waals surface area contributed by atoms with Crippen LogP contribution in [0.5, 0.6) is 0 Å². The molecule has 1 fully saturated rings. The summed E-state index contributed by atoms with van der Waals surface area (Å²) < 4.78 is 1.07. The molecule has 0 aromatic heterocycles. The Labute approximate surface area is 105 Å². The van der Waals surface area contributed by atoms with Gasteiger partial charge in [-0.3, -0.25) is 0 Å². The summed E-state index contributed by atoms with van der Waals surface area (Å²) in [5, 5.41) is 3.53. The van der Waals surface area contributed by atoms with Gasteiger partial charge in [0.1, 0.15) is 0 Å². The normalized spacial score (nSPS) is 18.6. The molecule has 0 saturated carbocycles. The van der Waals surface area contributed by atoms with Crippen LogP contribution in [-0.4, -0.2) is 31.1 Å². The van der Waals surface area contributed by atoms with E-state index in [0.717, 1.165) is 28.9 Å². The molecule has 0 bridgehead atoms. The lowest BCUT2D eigenvalue weighted by atomic mass is 10.1. The van der Waals surface area contributed by atoms with E-state index in [0.29, 0.717) is 6.04 Å². The standard InChI is InChI=1S/C12H18BrN3/c1-16-6-4-10(5-7-16)15-12-8-9(13)2-3-11(12)14/h2-3,8,10,15H,4-7,14H2,1H3. The van der Waals surface area contributed by atoms with Crippen LogP contribution in [-0.2, 0) is 0 Å². The molecule has 0 spiro atoms. The molecule has 1 heterocycles. The Balaban J connectivity index is 2.00. The second kappa shape index (κ2) is 5.06. The smallest absolute Gasteiger partial charge is 0.0587 e. The predicted molar refractivity (Wildman–Crippen MR) is 72.7 cm³/mol. The second-order valence-corrected chi connectivity index (χ2v) is 5.37. The summed E-state index contributed by atoms with van der Waals surface area (Å²) in [6.07, 6.45) is 2.37. The Morgan fingerprint density at radius 2 is 2.06 bits per heavy atom. The highest BCUT2D eigenvalue weighted by Crippen LogP contribution is 2.25. The average molecular weight is 284 g/mol. The number of benzene rings is 1. The molecule has 0 unspecified atom stereocenters. The fourth-order valence-corrected chi connectivity index (χ4v) is 2.39. The third-order valence-electron chi connectivity index (χ3n) is 3.09.